The van der Waals surface area contributed by atoms with Crippen molar-refractivity contribution < 1.29 is 19.4 Å². The largest absolute Gasteiger partial charge is 0.478 e. The number of hydrogen-bond donors (Lipinski definition) is 2. The predicted octanol–water partition coefficient (Wildman–Crippen LogP) is 2.93. The summed E-state index contributed by atoms with van der Waals surface area (Å²) >= 11 is 5.84. The summed E-state index contributed by atoms with van der Waals surface area (Å²) in [6.07, 6.45) is 0. The number of rotatable bonds is 4. The van der Waals surface area contributed by atoms with E-state index >= 15 is 0 Å². The summed E-state index contributed by atoms with van der Waals surface area (Å²) in [6, 6.07) is 10.6. The maximum Gasteiger partial charge on any atom is 0.337 e. The molecule has 0 aliphatic rings. The fourth-order valence-electron chi connectivity index (χ4n) is 1.62. The van der Waals surface area contributed by atoms with E-state index in [9.17, 15) is 9.59 Å². The number of benzene rings is 2. The monoisotopic (exact) mass is 291 g/mol. The van der Waals surface area contributed by atoms with Gasteiger partial charge in [0.2, 0.25) is 0 Å². The number of amides is 1. The first-order valence-electron chi connectivity index (χ1n) is 5.58. The molecule has 2 aromatic rings. The van der Waals surface area contributed by atoms with E-state index in [1.807, 2.05) is 0 Å². The Morgan fingerprint density at radius 2 is 1.80 bits per heavy atom. The topological polar surface area (TPSA) is 89.6 Å². The highest BCUT2D eigenvalue weighted by molar-refractivity contribution is 6.33. The zero-order valence-electron chi connectivity index (χ0n) is 10.2. The van der Waals surface area contributed by atoms with Gasteiger partial charge in [-0.15, -0.1) is 0 Å². The lowest BCUT2D eigenvalue weighted by Gasteiger charge is -2.09. The van der Waals surface area contributed by atoms with Crippen molar-refractivity contribution in [2.24, 2.45) is 5.73 Å². The summed E-state index contributed by atoms with van der Waals surface area (Å²) in [7, 11) is 0. The number of halogens is 1. The van der Waals surface area contributed by atoms with Gasteiger partial charge in [-0.25, -0.2) is 4.79 Å². The number of primary amides is 1. The van der Waals surface area contributed by atoms with Crippen LogP contribution in [0.2, 0.25) is 5.02 Å². The van der Waals surface area contributed by atoms with Crippen molar-refractivity contribution in [2.75, 3.05) is 0 Å². The molecule has 3 N–H and O–H groups in total. The number of aromatic carboxylic acids is 1. The van der Waals surface area contributed by atoms with Gasteiger partial charge in [-0.1, -0.05) is 23.7 Å². The summed E-state index contributed by atoms with van der Waals surface area (Å²) in [5.41, 5.74) is 5.44. The van der Waals surface area contributed by atoms with Crippen LogP contribution in [0.5, 0.6) is 11.5 Å². The Labute approximate surface area is 119 Å². The number of carbonyl (C=O) groups is 2. The maximum absolute atomic E-state index is 11.3. The van der Waals surface area contributed by atoms with Gasteiger partial charge in [0.15, 0.2) is 0 Å². The third-order valence-corrected chi connectivity index (χ3v) is 2.86. The van der Waals surface area contributed by atoms with Gasteiger partial charge in [0.1, 0.15) is 11.5 Å². The number of carboxylic acids is 1. The van der Waals surface area contributed by atoms with Crippen molar-refractivity contribution in [2.45, 2.75) is 0 Å². The molecule has 0 heterocycles. The second kappa shape index (κ2) is 5.63. The number of carbonyl (C=O) groups excluding carboxylic acids is 1. The van der Waals surface area contributed by atoms with Gasteiger partial charge in [-0.3, -0.25) is 4.79 Å². The lowest BCUT2D eigenvalue weighted by atomic mass is 10.2. The summed E-state index contributed by atoms with van der Waals surface area (Å²) < 4.78 is 5.51. The van der Waals surface area contributed by atoms with Crippen molar-refractivity contribution in [1.82, 2.24) is 0 Å². The van der Waals surface area contributed by atoms with Gasteiger partial charge in [0.25, 0.3) is 5.91 Å². The first kappa shape index (κ1) is 13.9. The molecule has 0 aliphatic carbocycles. The fraction of sp³-hybridized carbons (Fsp3) is 0. The van der Waals surface area contributed by atoms with E-state index in [-0.39, 0.29) is 21.9 Å². The zero-order chi connectivity index (χ0) is 14.7. The molecule has 2 rings (SSSR count). The van der Waals surface area contributed by atoms with Gasteiger partial charge in [0, 0.05) is 6.07 Å². The standard InChI is InChI=1S/C14H10ClNO4/c15-11-7-8(5-6-9(11)14(18)19)20-12-4-2-1-3-10(12)13(16)17/h1-7H,(H2,16,17)(H,18,19). The minimum atomic E-state index is -1.13. The van der Waals surface area contributed by atoms with Gasteiger partial charge < -0.3 is 15.6 Å². The molecule has 0 unspecified atom stereocenters. The minimum Gasteiger partial charge on any atom is -0.478 e. The van der Waals surface area contributed by atoms with E-state index in [0.717, 1.165) is 0 Å². The number of hydrogen-bond acceptors (Lipinski definition) is 3. The number of carboxylic acid groups (broad SMARTS) is 1. The van der Waals surface area contributed by atoms with E-state index in [0.29, 0.717) is 5.75 Å². The second-order valence-corrected chi connectivity index (χ2v) is 4.32. The number of ether oxygens (including phenoxy) is 1. The molecule has 0 bridgehead atoms. The molecule has 1 amide bonds. The molecule has 0 fully saturated rings. The Morgan fingerprint density at radius 1 is 1.10 bits per heavy atom. The smallest absolute Gasteiger partial charge is 0.337 e. The van der Waals surface area contributed by atoms with Crippen molar-refractivity contribution >= 4 is 23.5 Å². The molecule has 0 radical (unpaired) electrons. The highest BCUT2D eigenvalue weighted by atomic mass is 35.5. The Hall–Kier alpha value is -2.53. The molecule has 0 aromatic heterocycles. The SMILES string of the molecule is NC(=O)c1ccccc1Oc1ccc(C(=O)O)c(Cl)c1. The third-order valence-electron chi connectivity index (χ3n) is 2.55. The lowest BCUT2D eigenvalue weighted by molar-refractivity contribution is 0.0697. The van der Waals surface area contributed by atoms with E-state index in [1.54, 1.807) is 18.2 Å². The molecule has 20 heavy (non-hydrogen) atoms. The molecule has 0 aliphatic heterocycles. The highest BCUT2D eigenvalue weighted by Gasteiger charge is 2.12. The molecule has 5 nitrogen and oxygen atoms in total. The van der Waals surface area contributed by atoms with Crippen LogP contribution in [0.1, 0.15) is 20.7 Å². The average Bonchev–Trinajstić information content (AvgIpc) is 2.38. The zero-order valence-corrected chi connectivity index (χ0v) is 10.9. The second-order valence-electron chi connectivity index (χ2n) is 3.91. The van der Waals surface area contributed by atoms with Crippen LogP contribution < -0.4 is 10.5 Å². The number of para-hydroxylation sites is 1. The highest BCUT2D eigenvalue weighted by Crippen LogP contribution is 2.28. The molecular weight excluding hydrogens is 282 g/mol. The number of nitrogens with two attached hydrogens (primary N) is 1. The van der Waals surface area contributed by atoms with Crippen LogP contribution in [0, 0.1) is 0 Å². The van der Waals surface area contributed by atoms with Gasteiger partial charge in [-0.05, 0) is 24.3 Å². The first-order valence-corrected chi connectivity index (χ1v) is 5.96. The Bertz CT molecular complexity index is 685. The molecule has 2 aromatic carbocycles. The van der Waals surface area contributed by atoms with Crippen molar-refractivity contribution in [3.8, 4) is 11.5 Å². The van der Waals surface area contributed by atoms with Crippen molar-refractivity contribution in [3.05, 3.63) is 58.6 Å². The van der Waals surface area contributed by atoms with Gasteiger partial charge >= 0.3 is 5.97 Å². The van der Waals surface area contributed by atoms with Crippen LogP contribution in [0.25, 0.3) is 0 Å². The molecule has 0 saturated heterocycles. The van der Waals surface area contributed by atoms with Gasteiger partial charge in [0.05, 0.1) is 16.1 Å². The fourth-order valence-corrected chi connectivity index (χ4v) is 1.87. The summed E-state index contributed by atoms with van der Waals surface area (Å²) in [5, 5.41) is 8.92. The predicted molar refractivity (Wildman–Crippen MR) is 73.4 cm³/mol. The Morgan fingerprint density at radius 3 is 2.40 bits per heavy atom. The molecule has 0 saturated carbocycles. The van der Waals surface area contributed by atoms with Gasteiger partial charge in [-0.2, -0.15) is 0 Å². The van der Waals surface area contributed by atoms with Crippen LogP contribution in [-0.4, -0.2) is 17.0 Å². The Balaban J connectivity index is 2.34. The maximum atomic E-state index is 11.3. The third kappa shape index (κ3) is 2.89. The van der Waals surface area contributed by atoms with Crippen LogP contribution in [0.15, 0.2) is 42.5 Å². The quantitative estimate of drug-likeness (QED) is 0.906. The molecular formula is C14H10ClNO4. The van der Waals surface area contributed by atoms with Crippen LogP contribution >= 0.6 is 11.6 Å². The summed E-state index contributed by atoms with van der Waals surface area (Å²) in [5.74, 6) is -1.15. The van der Waals surface area contributed by atoms with E-state index < -0.39 is 11.9 Å². The molecule has 0 atom stereocenters. The first-order chi connectivity index (χ1) is 9.49. The van der Waals surface area contributed by atoms with Crippen LogP contribution in [0.4, 0.5) is 0 Å². The van der Waals surface area contributed by atoms with Crippen molar-refractivity contribution in [1.29, 1.82) is 0 Å². The average molecular weight is 292 g/mol. The summed E-state index contributed by atoms with van der Waals surface area (Å²) in [4.78, 5) is 22.1. The van der Waals surface area contributed by atoms with E-state index in [1.165, 1.54) is 24.3 Å². The van der Waals surface area contributed by atoms with E-state index in [4.69, 9.17) is 27.2 Å². The van der Waals surface area contributed by atoms with Crippen LogP contribution in [-0.2, 0) is 0 Å². The van der Waals surface area contributed by atoms with E-state index in [2.05, 4.69) is 0 Å². The molecule has 102 valence electrons. The lowest BCUT2D eigenvalue weighted by Crippen LogP contribution is -2.12. The summed E-state index contributed by atoms with van der Waals surface area (Å²) in [6.45, 7) is 0. The normalized spacial score (nSPS) is 10.1. The molecule has 6 heteroatoms. The minimum absolute atomic E-state index is 0.0257. The van der Waals surface area contributed by atoms with Crippen LogP contribution in [0.3, 0.4) is 0 Å². The molecule has 0 spiro atoms. The van der Waals surface area contributed by atoms with Crippen molar-refractivity contribution in [3.63, 3.8) is 0 Å². The Kier molecular flexibility index (Phi) is 3.91.